The van der Waals surface area contributed by atoms with Gasteiger partial charge < -0.3 is 10.2 Å². The second-order valence-corrected chi connectivity index (χ2v) is 6.33. The lowest BCUT2D eigenvalue weighted by molar-refractivity contribution is -0.132. The summed E-state index contributed by atoms with van der Waals surface area (Å²) in [7, 11) is 1.65. The molecule has 0 radical (unpaired) electrons. The number of hydrogen-bond acceptors (Lipinski definition) is 3. The van der Waals surface area contributed by atoms with Gasteiger partial charge in [0.2, 0.25) is 11.8 Å². The largest absolute Gasteiger partial charge is 0.347 e. The van der Waals surface area contributed by atoms with Crippen molar-refractivity contribution in [1.82, 2.24) is 10.2 Å². The molecule has 0 unspecified atom stereocenters. The van der Waals surface area contributed by atoms with Crippen LogP contribution in [-0.4, -0.2) is 36.1 Å². The topological polar surface area (TPSA) is 49.4 Å². The number of hydrogen-bond donors (Lipinski definition) is 1. The summed E-state index contributed by atoms with van der Waals surface area (Å²) in [5, 5.41) is 2.62. The molecular weight excluding hydrogens is 310 g/mol. The average molecular weight is 328 g/mol. The zero-order valence-electron chi connectivity index (χ0n) is 12.2. The number of alkyl halides is 2. The molecule has 0 bridgehead atoms. The first-order valence-corrected chi connectivity index (χ1v) is 7.89. The van der Waals surface area contributed by atoms with Crippen molar-refractivity contribution in [1.29, 1.82) is 0 Å². The third kappa shape index (κ3) is 5.29. The number of amides is 2. The van der Waals surface area contributed by atoms with Crippen LogP contribution in [0.1, 0.15) is 18.4 Å². The van der Waals surface area contributed by atoms with Gasteiger partial charge in [-0.15, -0.1) is 0 Å². The first-order valence-electron chi connectivity index (χ1n) is 7.01. The SMILES string of the molecule is CN(Cc1ccc(SC(F)F)cc1)C(=O)CNC(=O)C1CC1. The van der Waals surface area contributed by atoms with Gasteiger partial charge in [0.1, 0.15) is 0 Å². The molecule has 0 atom stereocenters. The number of carbonyl (C=O) groups is 2. The number of carbonyl (C=O) groups excluding carboxylic acids is 2. The summed E-state index contributed by atoms with van der Waals surface area (Å²) in [4.78, 5) is 25.4. The van der Waals surface area contributed by atoms with Gasteiger partial charge in [0.25, 0.3) is 5.76 Å². The molecular formula is C15H18F2N2O2S. The molecule has 0 spiro atoms. The minimum absolute atomic E-state index is 0.00878. The van der Waals surface area contributed by atoms with Crippen LogP contribution in [0.5, 0.6) is 0 Å². The second kappa shape index (κ2) is 7.58. The van der Waals surface area contributed by atoms with Crippen LogP contribution in [0.2, 0.25) is 0 Å². The molecule has 4 nitrogen and oxygen atoms in total. The molecule has 1 aliphatic rings. The van der Waals surface area contributed by atoms with E-state index < -0.39 is 5.76 Å². The van der Waals surface area contributed by atoms with Crippen LogP contribution in [0.15, 0.2) is 29.2 Å². The van der Waals surface area contributed by atoms with Crippen LogP contribution in [0.25, 0.3) is 0 Å². The fraction of sp³-hybridized carbons (Fsp3) is 0.467. The first kappa shape index (κ1) is 16.7. The number of likely N-dealkylation sites (N-methyl/N-ethyl adjacent to an activating group) is 1. The number of nitrogens with zero attached hydrogens (tertiary/aromatic N) is 1. The predicted octanol–water partition coefficient (Wildman–Crippen LogP) is 2.49. The minimum Gasteiger partial charge on any atom is -0.347 e. The lowest BCUT2D eigenvalue weighted by Gasteiger charge is -2.17. The molecule has 1 fully saturated rings. The predicted molar refractivity (Wildman–Crippen MR) is 80.5 cm³/mol. The second-order valence-electron chi connectivity index (χ2n) is 5.26. The van der Waals surface area contributed by atoms with E-state index in [1.807, 2.05) is 0 Å². The number of halogens is 2. The maximum Gasteiger partial charge on any atom is 0.288 e. The van der Waals surface area contributed by atoms with Crippen molar-refractivity contribution >= 4 is 23.6 Å². The Kier molecular flexibility index (Phi) is 5.76. The molecule has 2 amide bonds. The summed E-state index contributed by atoms with van der Waals surface area (Å²) in [6.45, 7) is 0.364. The van der Waals surface area contributed by atoms with E-state index in [0.29, 0.717) is 23.2 Å². The third-order valence-electron chi connectivity index (χ3n) is 3.36. The number of thioether (sulfide) groups is 1. The van der Waals surface area contributed by atoms with E-state index in [9.17, 15) is 18.4 Å². The smallest absolute Gasteiger partial charge is 0.288 e. The zero-order valence-corrected chi connectivity index (χ0v) is 13.0. The van der Waals surface area contributed by atoms with Gasteiger partial charge in [0.05, 0.1) is 6.54 Å². The summed E-state index contributed by atoms with van der Waals surface area (Å²) in [6, 6.07) is 6.66. The standard InChI is InChI=1S/C15H18F2N2O2S/c1-19(13(20)8-18-14(21)11-4-5-11)9-10-2-6-12(7-3-10)22-15(16)17/h2-3,6-7,11,15H,4-5,8-9H2,1H3,(H,18,21). The zero-order chi connectivity index (χ0) is 16.1. The van der Waals surface area contributed by atoms with Crippen molar-refractivity contribution in [3.63, 3.8) is 0 Å². The molecule has 1 saturated carbocycles. The van der Waals surface area contributed by atoms with E-state index in [0.717, 1.165) is 18.4 Å². The van der Waals surface area contributed by atoms with Crippen molar-refractivity contribution in [2.45, 2.75) is 30.0 Å². The Morgan fingerprint density at radius 3 is 2.50 bits per heavy atom. The van der Waals surface area contributed by atoms with Gasteiger partial charge in [-0.3, -0.25) is 9.59 Å². The van der Waals surface area contributed by atoms with E-state index in [1.165, 1.54) is 4.90 Å². The average Bonchev–Trinajstić information content (AvgIpc) is 3.30. The first-order chi connectivity index (χ1) is 10.5. The van der Waals surface area contributed by atoms with Crippen molar-refractivity contribution in [3.05, 3.63) is 29.8 Å². The normalized spacial score (nSPS) is 14.0. The highest BCUT2D eigenvalue weighted by molar-refractivity contribution is 7.99. The molecule has 22 heavy (non-hydrogen) atoms. The molecule has 1 N–H and O–H groups in total. The summed E-state index contributed by atoms with van der Waals surface area (Å²) in [5.74, 6) is -2.60. The van der Waals surface area contributed by atoms with Crippen LogP contribution in [0, 0.1) is 5.92 Å². The molecule has 120 valence electrons. The van der Waals surface area contributed by atoms with Gasteiger partial charge in [-0.2, -0.15) is 8.78 Å². The molecule has 1 aromatic carbocycles. The van der Waals surface area contributed by atoms with E-state index in [2.05, 4.69) is 5.32 Å². The van der Waals surface area contributed by atoms with Crippen LogP contribution in [0.4, 0.5) is 8.78 Å². The molecule has 2 rings (SSSR count). The Labute approximate surface area is 132 Å². The van der Waals surface area contributed by atoms with Gasteiger partial charge in [0, 0.05) is 24.4 Å². The van der Waals surface area contributed by atoms with E-state index in [1.54, 1.807) is 31.3 Å². The van der Waals surface area contributed by atoms with Gasteiger partial charge in [-0.1, -0.05) is 23.9 Å². The Morgan fingerprint density at radius 2 is 1.95 bits per heavy atom. The van der Waals surface area contributed by atoms with Gasteiger partial charge >= 0.3 is 0 Å². The summed E-state index contributed by atoms with van der Waals surface area (Å²) < 4.78 is 24.4. The van der Waals surface area contributed by atoms with Gasteiger partial charge in [-0.05, 0) is 30.5 Å². The third-order valence-corrected chi connectivity index (χ3v) is 4.08. The van der Waals surface area contributed by atoms with Crippen LogP contribution in [-0.2, 0) is 16.1 Å². The van der Waals surface area contributed by atoms with E-state index >= 15 is 0 Å². The maximum absolute atomic E-state index is 12.2. The highest BCUT2D eigenvalue weighted by Gasteiger charge is 2.29. The molecule has 1 aliphatic carbocycles. The summed E-state index contributed by atoms with van der Waals surface area (Å²) in [5.41, 5.74) is 0.850. The Bertz CT molecular complexity index is 533. The fourth-order valence-electron chi connectivity index (χ4n) is 1.93. The Balaban J connectivity index is 1.78. The molecule has 0 aliphatic heterocycles. The molecule has 0 saturated heterocycles. The van der Waals surface area contributed by atoms with E-state index in [-0.39, 0.29) is 24.3 Å². The highest BCUT2D eigenvalue weighted by Crippen LogP contribution is 2.28. The monoisotopic (exact) mass is 328 g/mol. The van der Waals surface area contributed by atoms with Gasteiger partial charge in [0.15, 0.2) is 0 Å². The quantitative estimate of drug-likeness (QED) is 0.783. The molecule has 7 heteroatoms. The number of nitrogens with one attached hydrogen (secondary N) is 1. The number of benzene rings is 1. The minimum atomic E-state index is -2.44. The Hall–Kier alpha value is -1.63. The van der Waals surface area contributed by atoms with Crippen LogP contribution < -0.4 is 5.32 Å². The fourth-order valence-corrected chi connectivity index (χ4v) is 2.42. The van der Waals surface area contributed by atoms with Crippen LogP contribution >= 0.6 is 11.8 Å². The van der Waals surface area contributed by atoms with Crippen molar-refractivity contribution in [2.75, 3.05) is 13.6 Å². The lowest BCUT2D eigenvalue weighted by atomic mass is 10.2. The van der Waals surface area contributed by atoms with Crippen LogP contribution in [0.3, 0.4) is 0 Å². The van der Waals surface area contributed by atoms with Crippen molar-refractivity contribution < 1.29 is 18.4 Å². The van der Waals surface area contributed by atoms with Crippen molar-refractivity contribution in [3.8, 4) is 0 Å². The lowest BCUT2D eigenvalue weighted by Crippen LogP contribution is -2.38. The van der Waals surface area contributed by atoms with Crippen molar-refractivity contribution in [2.24, 2.45) is 5.92 Å². The molecule has 0 aromatic heterocycles. The highest BCUT2D eigenvalue weighted by atomic mass is 32.2. The maximum atomic E-state index is 12.2. The summed E-state index contributed by atoms with van der Waals surface area (Å²) >= 11 is 0.491. The molecule has 1 aromatic rings. The van der Waals surface area contributed by atoms with Gasteiger partial charge in [-0.25, -0.2) is 0 Å². The number of rotatable bonds is 7. The summed E-state index contributed by atoms with van der Waals surface area (Å²) in [6.07, 6.45) is 1.80. The Morgan fingerprint density at radius 1 is 1.32 bits per heavy atom. The van der Waals surface area contributed by atoms with E-state index in [4.69, 9.17) is 0 Å². The molecule has 0 heterocycles.